The van der Waals surface area contributed by atoms with Gasteiger partial charge in [-0.2, -0.15) is 0 Å². The number of amides is 1. The summed E-state index contributed by atoms with van der Waals surface area (Å²) in [7, 11) is -3.70. The molecule has 2 aromatic rings. The highest BCUT2D eigenvalue weighted by molar-refractivity contribution is 7.91. The smallest absolute Gasteiger partial charge is 0.250 e. The fraction of sp³-hybridized carbons (Fsp3) is 0.267. The third-order valence-corrected chi connectivity index (χ3v) is 6.23. The Balaban J connectivity index is 1.87. The van der Waals surface area contributed by atoms with Gasteiger partial charge in [0.2, 0.25) is 5.91 Å². The molecule has 0 saturated carbocycles. The zero-order valence-electron chi connectivity index (χ0n) is 12.5. The normalized spacial score (nSPS) is 11.4. The summed E-state index contributed by atoms with van der Waals surface area (Å²) in [5, 5.41) is 2.48. The zero-order valence-corrected chi connectivity index (χ0v) is 14.1. The van der Waals surface area contributed by atoms with Crippen molar-refractivity contribution in [2.45, 2.75) is 24.1 Å². The van der Waals surface area contributed by atoms with Gasteiger partial charge in [0.15, 0.2) is 0 Å². The van der Waals surface area contributed by atoms with E-state index in [0.717, 1.165) is 11.3 Å². The van der Waals surface area contributed by atoms with Gasteiger partial charge in [0.1, 0.15) is 10.0 Å². The van der Waals surface area contributed by atoms with Crippen molar-refractivity contribution in [1.29, 1.82) is 0 Å². The van der Waals surface area contributed by atoms with Gasteiger partial charge in [0, 0.05) is 17.0 Å². The Hall–Kier alpha value is -1.77. The summed E-state index contributed by atoms with van der Waals surface area (Å²) in [4.78, 5) is 12.7. The van der Waals surface area contributed by atoms with E-state index in [9.17, 15) is 17.6 Å². The van der Waals surface area contributed by atoms with E-state index in [1.807, 2.05) is 6.92 Å². The fourth-order valence-corrected chi connectivity index (χ4v) is 4.14. The van der Waals surface area contributed by atoms with Crippen LogP contribution in [0.5, 0.6) is 0 Å². The SMILES string of the molecule is CCc1ccc(S(=O)(=O)NCC(=O)NCc2ccccc2F)s1. The van der Waals surface area contributed by atoms with Crippen LogP contribution in [-0.4, -0.2) is 20.9 Å². The van der Waals surface area contributed by atoms with Crippen molar-refractivity contribution in [3.05, 3.63) is 52.7 Å². The van der Waals surface area contributed by atoms with E-state index in [0.29, 0.717) is 5.56 Å². The van der Waals surface area contributed by atoms with E-state index in [4.69, 9.17) is 0 Å². The Bertz CT molecular complexity index is 788. The molecular weight excluding hydrogens is 339 g/mol. The highest BCUT2D eigenvalue weighted by Gasteiger charge is 2.17. The minimum absolute atomic E-state index is 0.00617. The zero-order chi connectivity index (χ0) is 16.9. The lowest BCUT2D eigenvalue weighted by molar-refractivity contribution is -0.120. The summed E-state index contributed by atoms with van der Waals surface area (Å²) >= 11 is 1.17. The van der Waals surface area contributed by atoms with E-state index in [1.165, 1.54) is 23.5 Å². The largest absolute Gasteiger partial charge is 0.351 e. The molecule has 0 radical (unpaired) electrons. The van der Waals surface area contributed by atoms with E-state index in [-0.39, 0.29) is 10.8 Å². The van der Waals surface area contributed by atoms with Crippen molar-refractivity contribution in [2.75, 3.05) is 6.54 Å². The van der Waals surface area contributed by atoms with Gasteiger partial charge in [-0.05, 0) is 24.6 Å². The summed E-state index contributed by atoms with van der Waals surface area (Å²) in [6, 6.07) is 9.33. The molecular formula is C15H17FN2O3S2. The summed E-state index contributed by atoms with van der Waals surface area (Å²) in [5.41, 5.74) is 0.342. The lowest BCUT2D eigenvalue weighted by atomic mass is 10.2. The standard InChI is InChI=1S/C15H17FN2O3S2/c1-2-12-7-8-15(22-12)23(20,21)18-10-14(19)17-9-11-5-3-4-6-13(11)16/h3-8,18H,2,9-10H2,1H3,(H,17,19). The van der Waals surface area contributed by atoms with Crippen molar-refractivity contribution < 1.29 is 17.6 Å². The number of hydrogen-bond acceptors (Lipinski definition) is 4. The Morgan fingerprint density at radius 3 is 2.61 bits per heavy atom. The van der Waals surface area contributed by atoms with Crippen LogP contribution in [0.2, 0.25) is 0 Å². The molecule has 2 rings (SSSR count). The van der Waals surface area contributed by atoms with Gasteiger partial charge in [0.25, 0.3) is 10.0 Å². The predicted octanol–water partition coefficient (Wildman–Crippen LogP) is 2.04. The van der Waals surface area contributed by atoms with Crippen LogP contribution in [-0.2, 0) is 27.8 Å². The predicted molar refractivity (Wildman–Crippen MR) is 87.1 cm³/mol. The molecule has 5 nitrogen and oxygen atoms in total. The molecule has 0 aliphatic rings. The van der Waals surface area contributed by atoms with Gasteiger partial charge in [-0.25, -0.2) is 17.5 Å². The molecule has 1 aromatic heterocycles. The fourth-order valence-electron chi connectivity index (χ4n) is 1.82. The molecule has 124 valence electrons. The van der Waals surface area contributed by atoms with Crippen molar-refractivity contribution in [1.82, 2.24) is 10.0 Å². The van der Waals surface area contributed by atoms with Gasteiger partial charge in [-0.3, -0.25) is 4.79 Å². The molecule has 0 spiro atoms. The third kappa shape index (κ3) is 4.85. The van der Waals surface area contributed by atoms with Crippen LogP contribution >= 0.6 is 11.3 Å². The number of thiophene rings is 1. The maximum atomic E-state index is 13.4. The molecule has 1 aromatic carbocycles. The van der Waals surface area contributed by atoms with Crippen LogP contribution in [0.4, 0.5) is 4.39 Å². The third-order valence-electron chi connectivity index (χ3n) is 3.11. The quantitative estimate of drug-likeness (QED) is 0.797. The molecule has 0 unspecified atom stereocenters. The number of halogens is 1. The summed E-state index contributed by atoms with van der Waals surface area (Å²) < 4.78 is 39.9. The molecule has 0 aliphatic carbocycles. The molecule has 0 bridgehead atoms. The monoisotopic (exact) mass is 356 g/mol. The van der Waals surface area contributed by atoms with Crippen molar-refractivity contribution in [3.63, 3.8) is 0 Å². The highest BCUT2D eigenvalue weighted by Crippen LogP contribution is 2.21. The molecule has 1 heterocycles. The highest BCUT2D eigenvalue weighted by atomic mass is 32.2. The molecule has 0 atom stereocenters. The van der Waals surface area contributed by atoms with Crippen molar-refractivity contribution in [2.24, 2.45) is 0 Å². The molecule has 0 fully saturated rings. The second-order valence-electron chi connectivity index (χ2n) is 4.77. The number of benzene rings is 1. The number of carbonyl (C=O) groups is 1. The first kappa shape index (κ1) is 17.6. The second-order valence-corrected chi connectivity index (χ2v) is 7.93. The van der Waals surface area contributed by atoms with Crippen LogP contribution in [0.25, 0.3) is 0 Å². The van der Waals surface area contributed by atoms with Crippen LogP contribution in [0.1, 0.15) is 17.4 Å². The topological polar surface area (TPSA) is 75.3 Å². The lowest BCUT2D eigenvalue weighted by Gasteiger charge is -2.07. The summed E-state index contributed by atoms with van der Waals surface area (Å²) in [5.74, 6) is -0.942. The number of nitrogens with one attached hydrogen (secondary N) is 2. The molecule has 0 aliphatic heterocycles. The first-order chi connectivity index (χ1) is 10.9. The van der Waals surface area contributed by atoms with Gasteiger partial charge in [-0.15, -0.1) is 11.3 Å². The van der Waals surface area contributed by atoms with Crippen molar-refractivity contribution >= 4 is 27.3 Å². The van der Waals surface area contributed by atoms with E-state index in [1.54, 1.807) is 24.3 Å². The van der Waals surface area contributed by atoms with E-state index in [2.05, 4.69) is 10.0 Å². The maximum Gasteiger partial charge on any atom is 0.250 e. The second kappa shape index (κ2) is 7.67. The average molecular weight is 356 g/mol. The number of aryl methyl sites for hydroxylation is 1. The van der Waals surface area contributed by atoms with Gasteiger partial charge in [0.05, 0.1) is 6.54 Å². The Morgan fingerprint density at radius 2 is 1.96 bits per heavy atom. The molecule has 2 N–H and O–H groups in total. The number of sulfonamides is 1. The van der Waals surface area contributed by atoms with Crippen LogP contribution < -0.4 is 10.0 Å². The first-order valence-corrected chi connectivity index (χ1v) is 9.31. The molecule has 1 amide bonds. The molecule has 23 heavy (non-hydrogen) atoms. The number of rotatable bonds is 7. The first-order valence-electron chi connectivity index (χ1n) is 7.01. The Morgan fingerprint density at radius 1 is 1.22 bits per heavy atom. The van der Waals surface area contributed by atoms with Crippen LogP contribution in [0.15, 0.2) is 40.6 Å². The molecule has 0 saturated heterocycles. The summed E-state index contributed by atoms with van der Waals surface area (Å²) in [6.45, 7) is 1.55. The average Bonchev–Trinajstić information content (AvgIpc) is 3.02. The van der Waals surface area contributed by atoms with Crippen LogP contribution in [0.3, 0.4) is 0 Å². The molecule has 8 heteroatoms. The number of hydrogen-bond donors (Lipinski definition) is 2. The van der Waals surface area contributed by atoms with Gasteiger partial charge < -0.3 is 5.32 Å². The number of carbonyl (C=O) groups excluding carboxylic acids is 1. The van der Waals surface area contributed by atoms with E-state index >= 15 is 0 Å². The van der Waals surface area contributed by atoms with Gasteiger partial charge >= 0.3 is 0 Å². The van der Waals surface area contributed by atoms with Gasteiger partial charge in [-0.1, -0.05) is 25.1 Å². The summed E-state index contributed by atoms with van der Waals surface area (Å²) in [6.07, 6.45) is 0.753. The Labute approximate surface area is 138 Å². The minimum atomic E-state index is -3.70. The Kier molecular flexibility index (Phi) is 5.86. The van der Waals surface area contributed by atoms with Crippen LogP contribution in [0, 0.1) is 5.82 Å². The minimum Gasteiger partial charge on any atom is -0.351 e. The maximum absolute atomic E-state index is 13.4. The van der Waals surface area contributed by atoms with Crippen molar-refractivity contribution in [3.8, 4) is 0 Å². The van der Waals surface area contributed by atoms with E-state index < -0.39 is 28.3 Å². The lowest BCUT2D eigenvalue weighted by Crippen LogP contribution is -2.36.